The molecule has 0 spiro atoms. The van der Waals surface area contributed by atoms with Crippen molar-refractivity contribution >= 4 is 13.7 Å². The van der Waals surface area contributed by atoms with Crippen molar-refractivity contribution in [2.75, 3.05) is 40.9 Å². The number of likely N-dealkylation sites (N-methyl/N-ethyl adjacent to an activating group) is 1. The summed E-state index contributed by atoms with van der Waals surface area (Å²) < 4.78 is 23.6. The van der Waals surface area contributed by atoms with Crippen LogP contribution in [-0.2, 0) is 18.4 Å². The summed E-state index contributed by atoms with van der Waals surface area (Å²) >= 11 is 0. The maximum atomic E-state index is 13.0. The molecule has 0 saturated carbocycles. The van der Waals surface area contributed by atoms with Gasteiger partial charge in [-0.15, -0.1) is 0 Å². The summed E-state index contributed by atoms with van der Waals surface area (Å²) in [6, 6.07) is -1.04. The summed E-state index contributed by atoms with van der Waals surface area (Å²) in [5, 5.41) is 24.8. The molecule has 4 unspecified atom stereocenters. The summed E-state index contributed by atoms with van der Waals surface area (Å²) in [4.78, 5) is 23.3. The number of phosphoric acid groups is 1. The third-order valence-electron chi connectivity index (χ3n) is 11.3. The third-order valence-corrected chi connectivity index (χ3v) is 12.2. The van der Waals surface area contributed by atoms with Gasteiger partial charge >= 0.3 is 7.82 Å². The quantitative estimate of drug-likeness (QED) is 0.0207. The number of unbranched alkanes of at least 4 members (excludes halogenated alkanes) is 18. The van der Waals surface area contributed by atoms with Crippen molar-refractivity contribution in [3.63, 3.8) is 0 Å². The molecule has 1 amide bonds. The van der Waals surface area contributed by atoms with E-state index in [0.717, 1.165) is 89.9 Å². The van der Waals surface area contributed by atoms with E-state index in [4.69, 9.17) is 9.05 Å². The molecule has 0 fully saturated rings. The Kier molecular flexibility index (Phi) is 43.8. The topological polar surface area (TPSA) is 125 Å². The Bertz CT molecular complexity index is 1350. The second kappa shape index (κ2) is 45.4. The van der Waals surface area contributed by atoms with Crippen molar-refractivity contribution < 1.29 is 38.0 Å². The lowest BCUT2D eigenvalue weighted by atomic mass is 9.99. The van der Waals surface area contributed by atoms with Gasteiger partial charge in [0.15, 0.2) is 0 Å². The molecule has 10 heteroatoms. The molecule has 0 aliphatic rings. The molecule has 0 aliphatic heterocycles. The fraction of sp³-hybridized carbons (Fsp3) is 0.727. The molecule has 9 nitrogen and oxygen atoms in total. The zero-order valence-electron chi connectivity index (χ0n) is 42.3. The van der Waals surface area contributed by atoms with Crippen molar-refractivity contribution in [2.24, 2.45) is 0 Å². The van der Waals surface area contributed by atoms with Gasteiger partial charge in [-0.05, 0) is 70.6 Å². The molecule has 0 saturated heterocycles. The van der Waals surface area contributed by atoms with E-state index in [-0.39, 0.29) is 18.9 Å². The second-order valence-corrected chi connectivity index (χ2v) is 20.1. The number of carbonyl (C=O) groups excluding carboxylic acids is 1. The molecule has 0 bridgehead atoms. The fourth-order valence-electron chi connectivity index (χ4n) is 7.12. The number of aliphatic hydroxyl groups excluding tert-OH is 2. The van der Waals surface area contributed by atoms with Crippen molar-refractivity contribution in [2.45, 2.75) is 218 Å². The highest BCUT2D eigenvalue weighted by Gasteiger charge is 2.31. The lowest BCUT2D eigenvalue weighted by Crippen LogP contribution is -2.51. The first-order chi connectivity index (χ1) is 31.4. The number of amides is 1. The van der Waals surface area contributed by atoms with Crippen molar-refractivity contribution in [3.05, 3.63) is 85.1 Å². The first-order valence-electron chi connectivity index (χ1n) is 26.0. The van der Waals surface area contributed by atoms with E-state index in [9.17, 15) is 24.5 Å². The SMILES string of the molecule is CC/C=C\C/C=C\C/C=C\C/C=C\C/C=C\C/C=C\C/C=C\CCCCCCCCCC(=O)NC(COP(=O)(O)OCC[N+](C)(C)C)C(O)C(O)CCCCCCCCCCCCCC. The van der Waals surface area contributed by atoms with Crippen LogP contribution in [0.1, 0.15) is 200 Å². The van der Waals surface area contributed by atoms with E-state index < -0.39 is 32.7 Å². The van der Waals surface area contributed by atoms with E-state index in [1.54, 1.807) is 0 Å². The zero-order valence-corrected chi connectivity index (χ0v) is 43.2. The highest BCUT2D eigenvalue weighted by Crippen LogP contribution is 2.43. The van der Waals surface area contributed by atoms with Crippen LogP contribution in [0.4, 0.5) is 0 Å². The molecule has 0 radical (unpaired) electrons. The monoisotopic (exact) mass is 932 g/mol. The molecule has 65 heavy (non-hydrogen) atoms. The highest BCUT2D eigenvalue weighted by atomic mass is 31.2. The number of nitrogens with one attached hydrogen (secondary N) is 1. The Morgan fingerprint density at radius 3 is 1.40 bits per heavy atom. The maximum Gasteiger partial charge on any atom is 0.472 e. The van der Waals surface area contributed by atoms with Crippen LogP contribution in [-0.4, -0.2) is 84.6 Å². The molecule has 0 rings (SSSR count). The minimum absolute atomic E-state index is 0.0151. The van der Waals surface area contributed by atoms with Gasteiger partial charge in [-0.25, -0.2) is 4.57 Å². The van der Waals surface area contributed by atoms with Crippen molar-refractivity contribution in [1.29, 1.82) is 0 Å². The summed E-state index contributed by atoms with van der Waals surface area (Å²) in [5.41, 5.74) is 0. The summed E-state index contributed by atoms with van der Waals surface area (Å²) in [7, 11) is 1.41. The normalized spacial score (nSPS) is 15.3. The molecule has 4 N–H and O–H groups in total. The average molecular weight is 932 g/mol. The van der Waals surface area contributed by atoms with Gasteiger partial charge in [0.25, 0.3) is 0 Å². The number of hydrogen-bond donors (Lipinski definition) is 4. The number of quaternary nitrogens is 1. The molecule has 376 valence electrons. The molecule has 0 aliphatic carbocycles. The first-order valence-corrected chi connectivity index (χ1v) is 27.5. The second-order valence-electron chi connectivity index (χ2n) is 18.7. The smallest absolute Gasteiger partial charge is 0.390 e. The van der Waals surface area contributed by atoms with Gasteiger partial charge in [0.2, 0.25) is 5.91 Å². The Balaban J connectivity index is 4.33. The summed E-state index contributed by atoms with van der Waals surface area (Å²) in [6.07, 6.45) is 59.3. The minimum atomic E-state index is -4.43. The highest BCUT2D eigenvalue weighted by molar-refractivity contribution is 7.47. The number of rotatable bonds is 46. The Morgan fingerprint density at radius 2 is 0.954 bits per heavy atom. The van der Waals surface area contributed by atoms with Crippen molar-refractivity contribution in [1.82, 2.24) is 5.32 Å². The van der Waals surface area contributed by atoms with E-state index >= 15 is 0 Å². The zero-order chi connectivity index (χ0) is 48.0. The lowest BCUT2D eigenvalue weighted by Gasteiger charge is -2.28. The molecule has 4 atom stereocenters. The van der Waals surface area contributed by atoms with Crippen LogP contribution in [0.15, 0.2) is 85.1 Å². The van der Waals surface area contributed by atoms with Crippen LogP contribution in [0, 0.1) is 0 Å². The molecule has 0 aromatic carbocycles. The molecule has 0 heterocycles. The van der Waals surface area contributed by atoms with Crippen LogP contribution in [0.2, 0.25) is 0 Å². The predicted octanol–water partition coefficient (Wildman–Crippen LogP) is 14.3. The molecule has 0 aromatic rings. The van der Waals surface area contributed by atoms with Crippen LogP contribution in [0.25, 0.3) is 0 Å². The van der Waals surface area contributed by atoms with Gasteiger partial charge in [0, 0.05) is 6.42 Å². The summed E-state index contributed by atoms with van der Waals surface area (Å²) in [5.74, 6) is -0.273. The standard InChI is InChI=1S/C55H99N2O7P/c1-6-8-10-12-14-16-18-20-21-22-23-24-25-26-27-28-29-30-31-32-33-34-35-36-38-40-42-44-46-48-54(59)56-52(51-64-65(61,62)63-50-49-57(3,4)5)55(60)53(58)47-45-43-41-39-37-19-17-15-13-11-9-7-2/h8,10,14,16,20-21,23-24,26-27,29-30,32-33,52-53,55,58,60H,6-7,9,11-13,15,17-19,22,25,28,31,34-51H2,1-5H3,(H-,56,59,61,62)/p+1/b10-8-,16-14-,21-20-,24-23-,27-26-,30-29-,33-32-. The first kappa shape index (κ1) is 62.6. The predicted molar refractivity (Wildman–Crippen MR) is 278 cm³/mol. The van der Waals surface area contributed by atoms with Crippen LogP contribution in [0.3, 0.4) is 0 Å². The molecule has 0 aromatic heterocycles. The van der Waals surface area contributed by atoms with Gasteiger partial charge in [-0.2, -0.15) is 0 Å². The third kappa shape index (κ3) is 46.5. The number of allylic oxidation sites excluding steroid dienone is 14. The van der Waals surface area contributed by atoms with E-state index in [1.807, 2.05) is 21.1 Å². The Hall–Kier alpha value is -2.36. The van der Waals surface area contributed by atoms with Crippen LogP contribution in [0.5, 0.6) is 0 Å². The van der Waals surface area contributed by atoms with Gasteiger partial charge in [-0.1, -0.05) is 208 Å². The minimum Gasteiger partial charge on any atom is -0.390 e. The molecular formula is C55H100N2O7P+. The van der Waals surface area contributed by atoms with Gasteiger partial charge < -0.3 is 24.9 Å². The van der Waals surface area contributed by atoms with Gasteiger partial charge in [0.05, 0.1) is 39.9 Å². The lowest BCUT2D eigenvalue weighted by molar-refractivity contribution is -0.870. The molecular weight excluding hydrogens is 832 g/mol. The average Bonchev–Trinajstić information content (AvgIpc) is 3.26. The van der Waals surface area contributed by atoms with Crippen LogP contribution < -0.4 is 5.32 Å². The van der Waals surface area contributed by atoms with Gasteiger partial charge in [0.1, 0.15) is 19.3 Å². The number of carbonyl (C=O) groups is 1. The Labute approximate surface area is 399 Å². The van der Waals surface area contributed by atoms with E-state index in [2.05, 4.69) is 104 Å². The number of nitrogens with zero attached hydrogens (tertiary/aromatic N) is 1. The number of phosphoric ester groups is 1. The maximum absolute atomic E-state index is 13.0. The van der Waals surface area contributed by atoms with E-state index in [1.165, 1.54) is 77.0 Å². The van der Waals surface area contributed by atoms with Gasteiger partial charge in [-0.3, -0.25) is 13.8 Å². The fourth-order valence-corrected chi connectivity index (χ4v) is 7.86. The Morgan fingerprint density at radius 1 is 0.554 bits per heavy atom. The number of hydrogen-bond acceptors (Lipinski definition) is 6. The summed E-state index contributed by atoms with van der Waals surface area (Å²) in [6.45, 7) is 4.47. The largest absolute Gasteiger partial charge is 0.472 e. The van der Waals surface area contributed by atoms with Crippen LogP contribution >= 0.6 is 7.82 Å². The van der Waals surface area contributed by atoms with E-state index in [0.29, 0.717) is 23.9 Å². The van der Waals surface area contributed by atoms with Crippen molar-refractivity contribution in [3.8, 4) is 0 Å². The number of aliphatic hydroxyl groups is 2.